The maximum Gasteiger partial charge on any atom is 0.222 e. The average Bonchev–Trinajstić information content (AvgIpc) is 2.97. The summed E-state index contributed by atoms with van der Waals surface area (Å²) in [6.45, 7) is 4.12. The second kappa shape index (κ2) is 6.58. The molecule has 5 nitrogen and oxygen atoms in total. The van der Waals surface area contributed by atoms with Crippen molar-refractivity contribution in [3.8, 4) is 5.75 Å². The van der Waals surface area contributed by atoms with E-state index in [2.05, 4.69) is 27.1 Å². The number of aromatic nitrogens is 2. The largest absolute Gasteiger partial charge is 0.490 e. The van der Waals surface area contributed by atoms with Crippen LogP contribution >= 0.6 is 0 Å². The number of hydrogen-bond acceptors (Lipinski definition) is 4. The van der Waals surface area contributed by atoms with Crippen molar-refractivity contribution in [3.05, 3.63) is 66.7 Å². The predicted octanol–water partition coefficient (Wildman–Crippen LogP) is 3.57. The number of hydrogen-bond donors (Lipinski definition) is 2. The number of hydrazone groups is 1. The summed E-state index contributed by atoms with van der Waals surface area (Å²) in [5.41, 5.74) is 5.74. The van der Waals surface area contributed by atoms with Crippen LogP contribution in [0.5, 0.6) is 5.75 Å². The summed E-state index contributed by atoms with van der Waals surface area (Å²) >= 11 is 0. The van der Waals surface area contributed by atoms with Gasteiger partial charge in [-0.2, -0.15) is 5.10 Å². The molecule has 0 bridgehead atoms. The molecule has 0 aliphatic rings. The third-order valence-electron chi connectivity index (χ3n) is 3.02. The number of aromatic amines is 1. The number of rotatable bonds is 6. The summed E-state index contributed by atoms with van der Waals surface area (Å²) in [5, 5.41) is 4.17. The van der Waals surface area contributed by atoms with Gasteiger partial charge in [-0.15, -0.1) is 0 Å². The van der Waals surface area contributed by atoms with E-state index in [0.717, 1.165) is 22.3 Å². The van der Waals surface area contributed by atoms with E-state index in [9.17, 15) is 0 Å². The zero-order chi connectivity index (χ0) is 15.2. The molecule has 0 saturated carbocycles. The minimum absolute atomic E-state index is 0.501. The Morgan fingerprint density at radius 2 is 2.00 bits per heavy atom. The van der Waals surface area contributed by atoms with Gasteiger partial charge in [0.1, 0.15) is 12.4 Å². The van der Waals surface area contributed by atoms with Crippen molar-refractivity contribution in [2.75, 3.05) is 12.0 Å². The number of benzene rings is 2. The number of anilines is 1. The SMILES string of the molecule is C=CCOc1ccc(/C=N\Nc2nc3ccccc3[nH]2)cc1. The van der Waals surface area contributed by atoms with Crippen LogP contribution in [0.15, 0.2) is 66.3 Å². The Hall–Kier alpha value is -3.08. The number of nitrogens with zero attached hydrogens (tertiary/aromatic N) is 2. The molecule has 0 unspecified atom stereocenters. The average molecular weight is 292 g/mol. The Morgan fingerprint density at radius 1 is 1.18 bits per heavy atom. The van der Waals surface area contributed by atoms with Crippen LogP contribution in [0.2, 0.25) is 0 Å². The molecule has 0 fully saturated rings. The zero-order valence-corrected chi connectivity index (χ0v) is 12.0. The van der Waals surface area contributed by atoms with E-state index in [1.807, 2.05) is 48.5 Å². The topological polar surface area (TPSA) is 62.3 Å². The molecule has 0 aliphatic heterocycles. The molecule has 22 heavy (non-hydrogen) atoms. The molecule has 5 heteroatoms. The molecule has 0 aliphatic carbocycles. The molecule has 0 amide bonds. The lowest BCUT2D eigenvalue weighted by Gasteiger charge is -2.02. The first-order chi connectivity index (χ1) is 10.8. The normalized spacial score (nSPS) is 10.9. The molecule has 0 spiro atoms. The van der Waals surface area contributed by atoms with Gasteiger partial charge in [0.2, 0.25) is 5.95 Å². The second-order valence-electron chi connectivity index (χ2n) is 4.64. The monoisotopic (exact) mass is 292 g/mol. The number of nitrogens with one attached hydrogen (secondary N) is 2. The highest BCUT2D eigenvalue weighted by Crippen LogP contribution is 2.13. The van der Waals surface area contributed by atoms with Gasteiger partial charge in [0.15, 0.2) is 0 Å². The highest BCUT2D eigenvalue weighted by Gasteiger charge is 1.99. The molecule has 0 radical (unpaired) electrons. The van der Waals surface area contributed by atoms with Crippen molar-refractivity contribution >= 4 is 23.2 Å². The first kappa shape index (κ1) is 13.9. The van der Waals surface area contributed by atoms with Gasteiger partial charge < -0.3 is 9.72 Å². The molecular formula is C17H16N4O. The number of fused-ring (bicyclic) bond motifs is 1. The number of para-hydroxylation sites is 2. The van der Waals surface area contributed by atoms with Crippen LogP contribution < -0.4 is 10.2 Å². The fourth-order valence-electron chi connectivity index (χ4n) is 1.98. The van der Waals surface area contributed by atoms with Crippen LogP contribution in [0.4, 0.5) is 5.95 Å². The van der Waals surface area contributed by atoms with Crippen LogP contribution in [0.25, 0.3) is 11.0 Å². The maximum absolute atomic E-state index is 5.42. The Morgan fingerprint density at radius 3 is 2.77 bits per heavy atom. The number of ether oxygens (including phenoxy) is 1. The van der Waals surface area contributed by atoms with E-state index in [0.29, 0.717) is 12.6 Å². The van der Waals surface area contributed by atoms with Crippen molar-refractivity contribution in [1.82, 2.24) is 9.97 Å². The molecule has 2 N–H and O–H groups in total. The van der Waals surface area contributed by atoms with E-state index < -0.39 is 0 Å². The van der Waals surface area contributed by atoms with Crippen LogP contribution in [0.1, 0.15) is 5.56 Å². The van der Waals surface area contributed by atoms with Gasteiger partial charge in [-0.1, -0.05) is 24.8 Å². The van der Waals surface area contributed by atoms with Gasteiger partial charge in [-0.3, -0.25) is 0 Å². The van der Waals surface area contributed by atoms with E-state index in [1.165, 1.54) is 0 Å². The van der Waals surface area contributed by atoms with Crippen LogP contribution in [-0.4, -0.2) is 22.8 Å². The molecule has 3 aromatic rings. The van der Waals surface area contributed by atoms with Crippen LogP contribution in [0.3, 0.4) is 0 Å². The predicted molar refractivity (Wildman–Crippen MR) is 89.4 cm³/mol. The van der Waals surface area contributed by atoms with Gasteiger partial charge in [0.25, 0.3) is 0 Å². The first-order valence-corrected chi connectivity index (χ1v) is 6.93. The minimum atomic E-state index is 0.501. The lowest BCUT2D eigenvalue weighted by atomic mass is 10.2. The fourth-order valence-corrected chi connectivity index (χ4v) is 1.98. The quantitative estimate of drug-likeness (QED) is 0.415. The van der Waals surface area contributed by atoms with Gasteiger partial charge in [-0.05, 0) is 42.0 Å². The Balaban J connectivity index is 1.62. The van der Waals surface area contributed by atoms with E-state index in [1.54, 1.807) is 12.3 Å². The molecule has 1 heterocycles. The van der Waals surface area contributed by atoms with Crippen molar-refractivity contribution in [2.45, 2.75) is 0 Å². The lowest BCUT2D eigenvalue weighted by molar-refractivity contribution is 0.363. The van der Waals surface area contributed by atoms with Crippen molar-refractivity contribution in [1.29, 1.82) is 0 Å². The summed E-state index contributed by atoms with van der Waals surface area (Å²) in [6.07, 6.45) is 3.44. The van der Waals surface area contributed by atoms with E-state index in [4.69, 9.17) is 4.74 Å². The van der Waals surface area contributed by atoms with Crippen molar-refractivity contribution in [2.24, 2.45) is 5.10 Å². The number of H-pyrrole nitrogens is 1. The van der Waals surface area contributed by atoms with Crippen molar-refractivity contribution in [3.63, 3.8) is 0 Å². The maximum atomic E-state index is 5.42. The standard InChI is InChI=1S/C17H16N4O/c1-2-11-22-14-9-7-13(8-10-14)12-18-21-17-19-15-5-3-4-6-16(15)20-17/h2-10,12H,1,11H2,(H2,19,20,21)/b18-12-. The Kier molecular flexibility index (Phi) is 4.15. The first-order valence-electron chi connectivity index (χ1n) is 6.93. The van der Waals surface area contributed by atoms with E-state index >= 15 is 0 Å². The van der Waals surface area contributed by atoms with E-state index in [-0.39, 0.29) is 0 Å². The molecule has 110 valence electrons. The van der Waals surface area contributed by atoms with Crippen LogP contribution in [0, 0.1) is 0 Å². The molecule has 0 atom stereocenters. The highest BCUT2D eigenvalue weighted by molar-refractivity contribution is 5.81. The molecular weight excluding hydrogens is 276 g/mol. The summed E-state index contributed by atoms with van der Waals surface area (Å²) in [4.78, 5) is 7.53. The minimum Gasteiger partial charge on any atom is -0.490 e. The third kappa shape index (κ3) is 3.32. The molecule has 0 saturated heterocycles. The number of imidazole rings is 1. The smallest absolute Gasteiger partial charge is 0.222 e. The Bertz CT molecular complexity index is 757. The zero-order valence-electron chi connectivity index (χ0n) is 12.0. The van der Waals surface area contributed by atoms with Crippen molar-refractivity contribution < 1.29 is 4.74 Å². The molecule has 1 aromatic heterocycles. The Labute approximate surface area is 128 Å². The second-order valence-corrected chi connectivity index (χ2v) is 4.64. The highest BCUT2D eigenvalue weighted by atomic mass is 16.5. The summed E-state index contributed by atoms with van der Waals surface area (Å²) in [7, 11) is 0. The lowest BCUT2D eigenvalue weighted by Crippen LogP contribution is -1.94. The summed E-state index contributed by atoms with van der Waals surface area (Å²) in [5.74, 6) is 1.42. The third-order valence-corrected chi connectivity index (χ3v) is 3.02. The van der Waals surface area contributed by atoms with Gasteiger partial charge in [0.05, 0.1) is 17.2 Å². The molecule has 3 rings (SSSR count). The summed E-state index contributed by atoms with van der Waals surface area (Å²) < 4.78 is 5.42. The fraction of sp³-hybridized carbons (Fsp3) is 0.0588. The van der Waals surface area contributed by atoms with Gasteiger partial charge >= 0.3 is 0 Å². The van der Waals surface area contributed by atoms with Gasteiger partial charge in [0, 0.05) is 0 Å². The van der Waals surface area contributed by atoms with Crippen LogP contribution in [-0.2, 0) is 0 Å². The van der Waals surface area contributed by atoms with Gasteiger partial charge in [-0.25, -0.2) is 10.4 Å². The summed E-state index contributed by atoms with van der Waals surface area (Å²) in [6, 6.07) is 15.5. The molecule has 2 aromatic carbocycles.